The molecule has 0 aromatic heterocycles. The molecule has 0 aromatic carbocycles. The van der Waals surface area contributed by atoms with E-state index < -0.39 is 23.9 Å². The van der Waals surface area contributed by atoms with Gasteiger partial charge in [-0.15, -0.1) is 0 Å². The zero-order chi connectivity index (χ0) is 29.2. The Bertz CT molecular complexity index is 548. The largest absolute Gasteiger partial charge is 0.408 e. The van der Waals surface area contributed by atoms with Gasteiger partial charge in [-0.05, 0) is 62.2 Å². The van der Waals surface area contributed by atoms with E-state index in [1.807, 2.05) is 0 Å². The van der Waals surface area contributed by atoms with E-state index in [0.29, 0.717) is 62.9 Å². The lowest BCUT2D eigenvalue weighted by Gasteiger charge is -2.30. The topological polar surface area (TPSA) is 89.5 Å². The van der Waals surface area contributed by atoms with Crippen LogP contribution in [-0.2, 0) is 38.0 Å². The molecule has 8 heteroatoms. The second-order valence-corrected chi connectivity index (χ2v) is 12.0. The molecule has 0 bridgehead atoms. The van der Waals surface area contributed by atoms with Crippen molar-refractivity contribution in [2.75, 3.05) is 26.4 Å². The Labute approximate surface area is 232 Å². The molecule has 8 nitrogen and oxygen atoms in total. The third-order valence-electron chi connectivity index (χ3n) is 5.85. The van der Waals surface area contributed by atoms with Crippen molar-refractivity contribution in [3.63, 3.8) is 0 Å². The lowest BCUT2D eigenvalue weighted by molar-refractivity contribution is -0.354. The monoisotopic (exact) mass is 546 g/mol. The zero-order valence-corrected chi connectivity index (χ0v) is 26.1. The summed E-state index contributed by atoms with van der Waals surface area (Å²) in [5.41, 5.74) is 0. The van der Waals surface area contributed by atoms with E-state index in [1.54, 1.807) is 13.8 Å². The number of unbranched alkanes of at least 4 members (excludes halogenated alkanes) is 1. The zero-order valence-electron chi connectivity index (χ0n) is 26.1. The van der Waals surface area contributed by atoms with Gasteiger partial charge in [-0.2, -0.15) is 0 Å². The third-order valence-corrected chi connectivity index (χ3v) is 5.85. The Kier molecular flexibility index (Phi) is 19.1. The van der Waals surface area contributed by atoms with E-state index in [-0.39, 0.29) is 12.8 Å². The molecule has 0 aliphatic heterocycles. The summed E-state index contributed by atoms with van der Waals surface area (Å²) >= 11 is 0. The highest BCUT2D eigenvalue weighted by Gasteiger charge is 2.32. The lowest BCUT2D eigenvalue weighted by atomic mass is 10.1. The summed E-state index contributed by atoms with van der Waals surface area (Å²) in [7, 11) is 0. The molecule has 0 radical (unpaired) electrons. The average molecular weight is 547 g/mol. The van der Waals surface area contributed by atoms with E-state index in [9.17, 15) is 9.59 Å². The molecular weight excluding hydrogens is 488 g/mol. The van der Waals surface area contributed by atoms with Crippen molar-refractivity contribution in [3.05, 3.63) is 0 Å². The minimum absolute atomic E-state index is 0.150. The molecule has 0 spiro atoms. The summed E-state index contributed by atoms with van der Waals surface area (Å²) < 4.78 is 34.4. The fraction of sp³-hybridized carbons (Fsp3) is 0.933. The summed E-state index contributed by atoms with van der Waals surface area (Å²) in [5.74, 6) is -1.81. The molecule has 226 valence electrons. The van der Waals surface area contributed by atoms with Crippen LogP contribution in [0.2, 0.25) is 0 Å². The first-order chi connectivity index (χ1) is 17.7. The van der Waals surface area contributed by atoms with Gasteiger partial charge in [-0.1, -0.05) is 55.4 Å². The van der Waals surface area contributed by atoms with E-state index in [0.717, 1.165) is 25.7 Å². The van der Waals surface area contributed by atoms with Crippen molar-refractivity contribution in [2.24, 2.45) is 23.7 Å². The fourth-order valence-electron chi connectivity index (χ4n) is 3.18. The Balaban J connectivity index is 4.68. The van der Waals surface area contributed by atoms with Gasteiger partial charge in [-0.25, -0.2) is 0 Å². The molecule has 0 atom stereocenters. The summed E-state index contributed by atoms with van der Waals surface area (Å²) in [6, 6.07) is 0. The van der Waals surface area contributed by atoms with Crippen molar-refractivity contribution in [3.8, 4) is 0 Å². The summed E-state index contributed by atoms with van der Waals surface area (Å²) in [6.07, 6.45) is 4.60. The van der Waals surface area contributed by atoms with Crippen LogP contribution in [0.25, 0.3) is 0 Å². The van der Waals surface area contributed by atoms with Gasteiger partial charge in [-0.3, -0.25) is 9.59 Å². The molecule has 0 unspecified atom stereocenters. The van der Waals surface area contributed by atoms with Crippen LogP contribution in [0.3, 0.4) is 0 Å². The first-order valence-corrected chi connectivity index (χ1v) is 14.7. The highest BCUT2D eigenvalue weighted by atomic mass is 16.9. The summed E-state index contributed by atoms with van der Waals surface area (Å²) in [4.78, 5) is 25.1. The van der Waals surface area contributed by atoms with Crippen LogP contribution < -0.4 is 0 Å². The molecule has 0 heterocycles. The number of hydrogen-bond donors (Lipinski definition) is 0. The van der Waals surface area contributed by atoms with E-state index in [1.165, 1.54) is 0 Å². The molecule has 0 fully saturated rings. The molecule has 0 N–H and O–H groups in total. The molecule has 38 heavy (non-hydrogen) atoms. The predicted molar refractivity (Wildman–Crippen MR) is 149 cm³/mol. The predicted octanol–water partition coefficient (Wildman–Crippen LogP) is 7.23. The van der Waals surface area contributed by atoms with Gasteiger partial charge in [0.1, 0.15) is 0 Å². The van der Waals surface area contributed by atoms with Crippen LogP contribution in [0.4, 0.5) is 0 Å². The van der Waals surface area contributed by atoms with E-state index in [4.69, 9.17) is 28.4 Å². The van der Waals surface area contributed by atoms with Crippen molar-refractivity contribution in [1.82, 2.24) is 0 Å². The van der Waals surface area contributed by atoms with Crippen LogP contribution in [0.15, 0.2) is 0 Å². The van der Waals surface area contributed by atoms with Gasteiger partial charge < -0.3 is 28.4 Å². The number of ether oxygens (including phenoxy) is 6. The van der Waals surface area contributed by atoms with Crippen LogP contribution in [-0.4, -0.2) is 50.3 Å². The van der Waals surface area contributed by atoms with Crippen molar-refractivity contribution in [1.29, 1.82) is 0 Å². The summed E-state index contributed by atoms with van der Waals surface area (Å²) in [6.45, 7) is 21.9. The minimum Gasteiger partial charge on any atom is -0.408 e. The van der Waals surface area contributed by atoms with Gasteiger partial charge in [0, 0.05) is 26.7 Å². The highest BCUT2D eigenvalue weighted by molar-refractivity contribution is 5.71. The molecule has 0 saturated carbocycles. The molecule has 0 amide bonds. The van der Waals surface area contributed by atoms with Crippen molar-refractivity contribution in [2.45, 2.75) is 133 Å². The summed E-state index contributed by atoms with van der Waals surface area (Å²) in [5, 5.41) is 0. The molecule has 0 rings (SSSR count). The number of carbonyl (C=O) groups excluding carboxylic acids is 2. The maximum absolute atomic E-state index is 12.5. The normalized spacial score (nSPS) is 12.7. The van der Waals surface area contributed by atoms with Gasteiger partial charge in [0.15, 0.2) is 0 Å². The van der Waals surface area contributed by atoms with E-state index in [2.05, 4.69) is 55.4 Å². The van der Waals surface area contributed by atoms with Crippen LogP contribution >= 0.6 is 0 Å². The molecular formula is C30H58O8. The third kappa shape index (κ3) is 20.7. The Morgan fingerprint density at radius 2 is 0.737 bits per heavy atom. The number of hydrogen-bond acceptors (Lipinski definition) is 8. The lowest BCUT2D eigenvalue weighted by Crippen LogP contribution is -2.39. The number of carbonyl (C=O) groups is 2. The van der Waals surface area contributed by atoms with E-state index >= 15 is 0 Å². The van der Waals surface area contributed by atoms with Crippen molar-refractivity contribution < 1.29 is 38.0 Å². The van der Waals surface area contributed by atoms with Gasteiger partial charge >= 0.3 is 23.9 Å². The van der Waals surface area contributed by atoms with Crippen molar-refractivity contribution >= 4 is 11.9 Å². The Morgan fingerprint density at radius 3 is 0.947 bits per heavy atom. The first kappa shape index (κ1) is 36.8. The Hall–Kier alpha value is -1.22. The average Bonchev–Trinajstić information content (AvgIpc) is 2.75. The molecule has 0 aromatic rings. The quantitative estimate of drug-likeness (QED) is 0.0753. The van der Waals surface area contributed by atoms with Gasteiger partial charge in [0.2, 0.25) is 0 Å². The maximum Gasteiger partial charge on any atom is 0.326 e. The molecule has 0 aliphatic rings. The smallest absolute Gasteiger partial charge is 0.326 e. The standard InChI is InChI=1S/C30H58O8/c1-23(2)15-19-33-29(9,34-20-16-24(3)4)37-27(31)13-11-12-14-28(32)38-30(10,35-21-17-25(5)6)36-22-18-26(7)8/h23-26H,11-22H2,1-10H3. The maximum atomic E-state index is 12.5. The van der Waals surface area contributed by atoms with Crippen LogP contribution in [0.5, 0.6) is 0 Å². The Morgan fingerprint density at radius 1 is 0.500 bits per heavy atom. The fourth-order valence-corrected chi connectivity index (χ4v) is 3.18. The highest BCUT2D eigenvalue weighted by Crippen LogP contribution is 2.21. The minimum atomic E-state index is -1.41. The van der Waals surface area contributed by atoms with Gasteiger partial charge in [0.05, 0.1) is 26.4 Å². The van der Waals surface area contributed by atoms with Gasteiger partial charge in [0.25, 0.3) is 0 Å². The second-order valence-electron chi connectivity index (χ2n) is 12.0. The number of rotatable bonds is 23. The van der Waals surface area contributed by atoms with Crippen LogP contribution in [0, 0.1) is 23.7 Å². The molecule has 0 aliphatic carbocycles. The van der Waals surface area contributed by atoms with Crippen LogP contribution in [0.1, 0.15) is 121 Å². The second kappa shape index (κ2) is 19.8. The first-order valence-electron chi connectivity index (χ1n) is 14.7. The number of esters is 2. The molecule has 0 saturated heterocycles. The SMILES string of the molecule is CC(C)CCOC(C)(OCCC(C)C)OC(=O)CCCCC(=O)OC(C)(OCCC(C)C)OCCC(C)C.